The van der Waals surface area contributed by atoms with Crippen LogP contribution in [-0.4, -0.2) is 22.2 Å². The molecular formula is C25H42O4. The molecule has 3 aliphatic rings. The molecule has 0 aromatic carbocycles. The third kappa shape index (κ3) is 3.43. The number of rotatable bonds is 6. The predicted molar refractivity (Wildman–Crippen MR) is 114 cm³/mol. The number of carboxylic acids is 2. The van der Waals surface area contributed by atoms with Crippen molar-refractivity contribution in [3.63, 3.8) is 0 Å². The standard InChI is InChI=1S/C25H42O4/c1-14(2)18-9-7-16(5)11-20(18)24(22(26)27)13-25(24,23(28)29)21-12-17(6)8-10-19(21)15(3)4/h14-21H,7-13H2,1-6H3,(H,26,27)(H,28,29)/t16-,17-,18-,19+,20+,21+,24-,25+/m1/s1. The van der Waals surface area contributed by atoms with Crippen LogP contribution in [0.15, 0.2) is 0 Å². The summed E-state index contributed by atoms with van der Waals surface area (Å²) in [6.45, 7) is 13.2. The molecule has 0 spiro atoms. The van der Waals surface area contributed by atoms with E-state index in [1.807, 2.05) is 0 Å². The second-order valence-electron chi connectivity index (χ2n) is 11.6. The molecule has 4 heteroatoms. The van der Waals surface area contributed by atoms with Crippen molar-refractivity contribution in [2.24, 2.45) is 58.2 Å². The highest BCUT2D eigenvalue weighted by atomic mass is 16.4. The molecule has 3 aliphatic carbocycles. The molecule has 0 aromatic heterocycles. The molecule has 0 aromatic rings. The molecule has 2 N–H and O–H groups in total. The molecule has 0 unspecified atom stereocenters. The Bertz CT molecular complexity index is 587. The average molecular weight is 407 g/mol. The Morgan fingerprint density at radius 3 is 1.34 bits per heavy atom. The minimum atomic E-state index is -1.09. The maximum atomic E-state index is 12.9. The molecule has 0 radical (unpaired) electrons. The number of carbonyl (C=O) groups is 2. The Balaban J connectivity index is 2.09. The summed E-state index contributed by atoms with van der Waals surface area (Å²) in [6.07, 6.45) is 6.38. The summed E-state index contributed by atoms with van der Waals surface area (Å²) in [5, 5.41) is 21.2. The number of aliphatic carboxylic acids is 2. The van der Waals surface area contributed by atoms with E-state index in [4.69, 9.17) is 0 Å². The lowest BCUT2D eigenvalue weighted by Crippen LogP contribution is -2.48. The molecule has 0 amide bonds. The summed E-state index contributed by atoms with van der Waals surface area (Å²) in [6, 6.07) is 0. The highest BCUT2D eigenvalue weighted by Gasteiger charge is 2.83. The molecule has 3 fully saturated rings. The quantitative estimate of drug-likeness (QED) is 0.571. The lowest BCUT2D eigenvalue weighted by Gasteiger charge is -2.46. The first kappa shape index (κ1) is 22.6. The van der Waals surface area contributed by atoms with Gasteiger partial charge in [0, 0.05) is 0 Å². The zero-order chi connectivity index (χ0) is 21.7. The van der Waals surface area contributed by atoms with Gasteiger partial charge in [-0.15, -0.1) is 0 Å². The first-order valence-corrected chi connectivity index (χ1v) is 12.0. The highest BCUT2D eigenvalue weighted by molar-refractivity contribution is 5.94. The topological polar surface area (TPSA) is 74.6 Å². The van der Waals surface area contributed by atoms with E-state index in [2.05, 4.69) is 41.5 Å². The average Bonchev–Trinajstić information content (AvgIpc) is 3.34. The van der Waals surface area contributed by atoms with Crippen LogP contribution in [-0.2, 0) is 9.59 Å². The molecule has 3 rings (SSSR count). The van der Waals surface area contributed by atoms with Gasteiger partial charge in [0.05, 0.1) is 10.8 Å². The SMILES string of the molecule is CC(C)[C@H]1CC[C@@H](C)C[C@@H]1[C@@]1(C(=O)O)C[C@@]1(C(=O)O)[C@H]1C[C@H](C)CC[C@H]1C(C)C. The van der Waals surface area contributed by atoms with Gasteiger partial charge in [-0.05, 0) is 79.4 Å². The van der Waals surface area contributed by atoms with Gasteiger partial charge in [0.2, 0.25) is 0 Å². The number of hydrogen-bond donors (Lipinski definition) is 2. The van der Waals surface area contributed by atoms with Gasteiger partial charge < -0.3 is 10.2 Å². The van der Waals surface area contributed by atoms with Gasteiger partial charge in [-0.3, -0.25) is 9.59 Å². The lowest BCUT2D eigenvalue weighted by atomic mass is 9.57. The molecule has 0 saturated heterocycles. The summed E-state index contributed by atoms with van der Waals surface area (Å²) in [5.74, 6) is 0.618. The fourth-order valence-electron chi connectivity index (χ4n) is 7.71. The maximum Gasteiger partial charge on any atom is 0.311 e. The van der Waals surface area contributed by atoms with E-state index >= 15 is 0 Å². The molecule has 0 bridgehead atoms. The van der Waals surface area contributed by atoms with Gasteiger partial charge in [-0.25, -0.2) is 0 Å². The fraction of sp³-hybridized carbons (Fsp3) is 0.920. The Morgan fingerprint density at radius 1 is 0.724 bits per heavy atom. The second-order valence-corrected chi connectivity index (χ2v) is 11.6. The molecule has 0 aliphatic heterocycles. The minimum absolute atomic E-state index is 0.0232. The highest BCUT2D eigenvalue weighted by Crippen LogP contribution is 2.77. The molecule has 8 atom stereocenters. The summed E-state index contributed by atoms with van der Waals surface area (Å²) < 4.78 is 0. The maximum absolute atomic E-state index is 12.9. The largest absolute Gasteiger partial charge is 0.481 e. The van der Waals surface area contributed by atoms with Crippen LogP contribution in [0, 0.1) is 58.2 Å². The molecular weight excluding hydrogens is 364 g/mol. The van der Waals surface area contributed by atoms with E-state index in [9.17, 15) is 19.8 Å². The molecule has 4 nitrogen and oxygen atoms in total. The van der Waals surface area contributed by atoms with Crippen LogP contribution in [0.2, 0.25) is 0 Å². The van der Waals surface area contributed by atoms with Crippen molar-refractivity contribution < 1.29 is 19.8 Å². The Hall–Kier alpha value is -1.06. The molecule has 29 heavy (non-hydrogen) atoms. The summed E-state index contributed by atoms with van der Waals surface area (Å²) in [7, 11) is 0. The Morgan fingerprint density at radius 2 is 1.07 bits per heavy atom. The van der Waals surface area contributed by atoms with Gasteiger partial charge in [-0.2, -0.15) is 0 Å². The zero-order valence-corrected chi connectivity index (χ0v) is 19.3. The molecule has 3 saturated carbocycles. The first-order chi connectivity index (χ1) is 13.5. The van der Waals surface area contributed by atoms with Gasteiger partial charge in [0.25, 0.3) is 0 Å². The van der Waals surface area contributed by atoms with Crippen molar-refractivity contribution in [3.05, 3.63) is 0 Å². The normalized spacial score (nSPS) is 45.4. The van der Waals surface area contributed by atoms with E-state index in [0.29, 0.717) is 41.9 Å². The van der Waals surface area contributed by atoms with Crippen molar-refractivity contribution in [3.8, 4) is 0 Å². The van der Waals surface area contributed by atoms with E-state index in [-0.39, 0.29) is 11.8 Å². The van der Waals surface area contributed by atoms with Crippen molar-refractivity contribution in [2.75, 3.05) is 0 Å². The molecule has 0 heterocycles. The summed E-state index contributed by atoms with van der Waals surface area (Å²) >= 11 is 0. The number of carboxylic acid groups (broad SMARTS) is 2. The van der Waals surface area contributed by atoms with Crippen molar-refractivity contribution >= 4 is 11.9 Å². The third-order valence-electron chi connectivity index (χ3n) is 9.30. The molecule has 166 valence electrons. The van der Waals surface area contributed by atoms with Crippen molar-refractivity contribution in [1.82, 2.24) is 0 Å². The Labute approximate surface area is 176 Å². The van der Waals surface area contributed by atoms with Gasteiger partial charge in [0.1, 0.15) is 0 Å². The van der Waals surface area contributed by atoms with Crippen LogP contribution in [0.5, 0.6) is 0 Å². The van der Waals surface area contributed by atoms with Crippen molar-refractivity contribution in [2.45, 2.75) is 86.5 Å². The van der Waals surface area contributed by atoms with Crippen LogP contribution in [0.4, 0.5) is 0 Å². The van der Waals surface area contributed by atoms with E-state index in [1.54, 1.807) is 0 Å². The predicted octanol–water partition coefficient (Wildman–Crippen LogP) is 5.95. The second kappa shape index (κ2) is 7.89. The van der Waals surface area contributed by atoms with Gasteiger partial charge >= 0.3 is 11.9 Å². The fourth-order valence-corrected chi connectivity index (χ4v) is 7.71. The van der Waals surface area contributed by atoms with Crippen LogP contribution in [0.1, 0.15) is 86.5 Å². The van der Waals surface area contributed by atoms with E-state index in [1.165, 1.54) is 0 Å². The lowest BCUT2D eigenvalue weighted by molar-refractivity contribution is -0.164. The van der Waals surface area contributed by atoms with Crippen LogP contribution in [0.3, 0.4) is 0 Å². The minimum Gasteiger partial charge on any atom is -0.481 e. The van der Waals surface area contributed by atoms with Gasteiger partial charge in [-0.1, -0.05) is 54.4 Å². The van der Waals surface area contributed by atoms with Gasteiger partial charge in [0.15, 0.2) is 0 Å². The number of hydrogen-bond acceptors (Lipinski definition) is 2. The smallest absolute Gasteiger partial charge is 0.311 e. The monoisotopic (exact) mass is 406 g/mol. The third-order valence-corrected chi connectivity index (χ3v) is 9.30. The van der Waals surface area contributed by atoms with Crippen molar-refractivity contribution in [1.29, 1.82) is 0 Å². The van der Waals surface area contributed by atoms with Crippen LogP contribution >= 0.6 is 0 Å². The summed E-state index contributed by atoms with van der Waals surface area (Å²) in [4.78, 5) is 25.8. The summed E-state index contributed by atoms with van der Waals surface area (Å²) in [5.41, 5.74) is -2.17. The first-order valence-electron chi connectivity index (χ1n) is 12.0. The Kier molecular flexibility index (Phi) is 6.15. The zero-order valence-electron chi connectivity index (χ0n) is 19.3. The van der Waals surface area contributed by atoms with E-state index < -0.39 is 22.8 Å². The van der Waals surface area contributed by atoms with E-state index in [0.717, 1.165) is 38.5 Å². The van der Waals surface area contributed by atoms with Crippen LogP contribution in [0.25, 0.3) is 0 Å². The van der Waals surface area contributed by atoms with Crippen LogP contribution < -0.4 is 0 Å².